The third kappa shape index (κ3) is 3.96. The van der Waals surface area contributed by atoms with E-state index in [9.17, 15) is 18.0 Å². The number of carbonyl (C=O) groups is 2. The molecule has 3 fully saturated rings. The molecule has 2 amide bonds. The van der Waals surface area contributed by atoms with Crippen LogP contribution in [0.5, 0.6) is 0 Å². The summed E-state index contributed by atoms with van der Waals surface area (Å²) in [7, 11) is -3.68. The molecule has 0 aromatic heterocycles. The Balaban J connectivity index is 1.34. The highest BCUT2D eigenvalue weighted by Crippen LogP contribution is 2.40. The molecule has 3 heterocycles. The lowest BCUT2D eigenvalue weighted by Gasteiger charge is -2.35. The zero-order valence-electron chi connectivity index (χ0n) is 18.8. The van der Waals surface area contributed by atoms with Crippen molar-refractivity contribution in [2.45, 2.75) is 69.2 Å². The molecule has 1 saturated carbocycles. The summed E-state index contributed by atoms with van der Waals surface area (Å²) in [6, 6.07) is 5.23. The molecule has 0 N–H and O–H groups in total. The SMILES string of the molecule is C[C@@H]1Cc2cc(S(=O)(=O)N3CCC[C@@H](C(=O)N4CCCCC4)C3)ccc2N1C(=O)C1CC1. The molecule has 5 rings (SSSR count). The fourth-order valence-corrected chi connectivity index (χ4v) is 7.09. The topological polar surface area (TPSA) is 78.0 Å². The number of likely N-dealkylation sites (tertiary alicyclic amines) is 1. The van der Waals surface area contributed by atoms with Crippen LogP contribution in [0.2, 0.25) is 0 Å². The van der Waals surface area contributed by atoms with Gasteiger partial charge in [0.2, 0.25) is 21.8 Å². The Morgan fingerprint density at radius 1 is 0.906 bits per heavy atom. The standard InChI is InChI=1S/C24H33N3O4S/c1-17-14-20-15-21(9-10-22(20)27(17)24(29)18-7-8-18)32(30,31)26-13-5-6-19(16-26)23(28)25-11-3-2-4-12-25/h9-10,15,17-19H,2-8,11-14,16H2,1H3/t17-,19-/m1/s1. The van der Waals surface area contributed by atoms with E-state index in [0.29, 0.717) is 19.4 Å². The van der Waals surface area contributed by atoms with Gasteiger partial charge in [-0.05, 0) is 82.1 Å². The molecule has 32 heavy (non-hydrogen) atoms. The van der Waals surface area contributed by atoms with Crippen molar-refractivity contribution >= 4 is 27.5 Å². The molecule has 1 aromatic rings. The highest BCUT2D eigenvalue weighted by molar-refractivity contribution is 7.89. The van der Waals surface area contributed by atoms with E-state index < -0.39 is 10.0 Å². The van der Waals surface area contributed by atoms with Crippen molar-refractivity contribution in [2.75, 3.05) is 31.1 Å². The molecule has 3 aliphatic heterocycles. The van der Waals surface area contributed by atoms with Gasteiger partial charge in [0.05, 0.1) is 10.8 Å². The number of sulfonamides is 1. The number of fused-ring (bicyclic) bond motifs is 1. The molecule has 1 aliphatic carbocycles. The van der Waals surface area contributed by atoms with Gasteiger partial charge in [-0.3, -0.25) is 9.59 Å². The summed E-state index contributed by atoms with van der Waals surface area (Å²) in [5.41, 5.74) is 1.77. The van der Waals surface area contributed by atoms with Gasteiger partial charge in [0.25, 0.3) is 0 Å². The maximum Gasteiger partial charge on any atom is 0.243 e. The van der Waals surface area contributed by atoms with E-state index in [1.807, 2.05) is 16.7 Å². The van der Waals surface area contributed by atoms with E-state index in [0.717, 1.165) is 62.9 Å². The highest BCUT2D eigenvalue weighted by Gasteiger charge is 2.40. The second-order valence-electron chi connectivity index (χ2n) is 9.91. The quantitative estimate of drug-likeness (QED) is 0.694. The Kier molecular flexibility index (Phi) is 5.78. The predicted octanol–water partition coefficient (Wildman–Crippen LogP) is 2.79. The van der Waals surface area contributed by atoms with Gasteiger partial charge < -0.3 is 9.80 Å². The number of anilines is 1. The lowest BCUT2D eigenvalue weighted by molar-refractivity contribution is -0.137. The van der Waals surface area contributed by atoms with Gasteiger partial charge in [-0.25, -0.2) is 8.42 Å². The van der Waals surface area contributed by atoms with E-state index in [4.69, 9.17) is 0 Å². The molecule has 8 heteroatoms. The molecule has 2 saturated heterocycles. The van der Waals surface area contributed by atoms with Crippen molar-refractivity contribution in [3.63, 3.8) is 0 Å². The molecule has 0 bridgehead atoms. The first-order valence-electron chi connectivity index (χ1n) is 12.1. The molecule has 0 unspecified atom stereocenters. The normalized spacial score (nSPS) is 26.8. The number of benzene rings is 1. The maximum absolute atomic E-state index is 13.5. The smallest absolute Gasteiger partial charge is 0.243 e. The van der Waals surface area contributed by atoms with Crippen LogP contribution in [0.3, 0.4) is 0 Å². The Hall–Kier alpha value is -1.93. The Morgan fingerprint density at radius 3 is 2.38 bits per heavy atom. The zero-order chi connectivity index (χ0) is 22.5. The minimum atomic E-state index is -3.68. The summed E-state index contributed by atoms with van der Waals surface area (Å²) in [4.78, 5) is 29.7. The molecule has 0 spiro atoms. The minimum absolute atomic E-state index is 0.0533. The monoisotopic (exact) mass is 459 g/mol. The van der Waals surface area contributed by atoms with E-state index in [1.165, 1.54) is 4.31 Å². The van der Waals surface area contributed by atoms with Crippen LogP contribution >= 0.6 is 0 Å². The van der Waals surface area contributed by atoms with Crippen molar-refractivity contribution in [3.8, 4) is 0 Å². The lowest BCUT2D eigenvalue weighted by atomic mass is 9.97. The van der Waals surface area contributed by atoms with Crippen LogP contribution < -0.4 is 4.90 Å². The Labute approximate surface area is 190 Å². The summed E-state index contributed by atoms with van der Waals surface area (Å²) in [6.07, 6.45) is 7.27. The van der Waals surface area contributed by atoms with Crippen LogP contribution in [0.4, 0.5) is 5.69 Å². The fourth-order valence-electron chi connectivity index (χ4n) is 5.51. The third-order valence-electron chi connectivity index (χ3n) is 7.47. The van der Waals surface area contributed by atoms with Crippen molar-refractivity contribution in [2.24, 2.45) is 11.8 Å². The molecule has 0 radical (unpaired) electrons. The first kappa shape index (κ1) is 21.9. The molecule has 174 valence electrons. The van der Waals surface area contributed by atoms with E-state index in [-0.39, 0.29) is 41.1 Å². The number of nitrogens with zero attached hydrogens (tertiary/aromatic N) is 3. The summed E-state index contributed by atoms with van der Waals surface area (Å²) in [5, 5.41) is 0. The van der Waals surface area contributed by atoms with Gasteiger partial charge in [0.15, 0.2) is 0 Å². The zero-order valence-corrected chi connectivity index (χ0v) is 19.6. The largest absolute Gasteiger partial charge is 0.342 e. The number of amides is 2. The number of carbonyl (C=O) groups excluding carboxylic acids is 2. The van der Waals surface area contributed by atoms with Crippen LogP contribution in [0.25, 0.3) is 0 Å². The van der Waals surface area contributed by atoms with Gasteiger partial charge in [0.1, 0.15) is 0 Å². The lowest BCUT2D eigenvalue weighted by Crippen LogP contribution is -2.47. The van der Waals surface area contributed by atoms with Crippen LogP contribution in [-0.2, 0) is 26.0 Å². The summed E-state index contributed by atoms with van der Waals surface area (Å²) < 4.78 is 28.4. The molecular formula is C24H33N3O4S. The van der Waals surface area contributed by atoms with Gasteiger partial charge >= 0.3 is 0 Å². The van der Waals surface area contributed by atoms with Crippen LogP contribution in [0.15, 0.2) is 23.1 Å². The Bertz CT molecular complexity index is 1010. The van der Waals surface area contributed by atoms with E-state index >= 15 is 0 Å². The molecule has 7 nitrogen and oxygen atoms in total. The van der Waals surface area contributed by atoms with E-state index in [1.54, 1.807) is 18.2 Å². The molecule has 2 atom stereocenters. The average Bonchev–Trinajstić information content (AvgIpc) is 3.60. The van der Waals surface area contributed by atoms with Gasteiger partial charge in [0, 0.05) is 43.8 Å². The fraction of sp³-hybridized carbons (Fsp3) is 0.667. The molecule has 1 aromatic carbocycles. The Morgan fingerprint density at radius 2 is 1.66 bits per heavy atom. The second-order valence-corrected chi connectivity index (χ2v) is 11.9. The average molecular weight is 460 g/mol. The van der Waals surface area contributed by atoms with Crippen molar-refractivity contribution in [3.05, 3.63) is 23.8 Å². The predicted molar refractivity (Wildman–Crippen MR) is 122 cm³/mol. The summed E-state index contributed by atoms with van der Waals surface area (Å²) in [6.45, 7) is 4.32. The summed E-state index contributed by atoms with van der Waals surface area (Å²) in [5.74, 6) is 0.163. The van der Waals surface area contributed by atoms with Crippen LogP contribution in [-0.4, -0.2) is 61.7 Å². The first-order chi connectivity index (χ1) is 15.4. The summed E-state index contributed by atoms with van der Waals surface area (Å²) >= 11 is 0. The maximum atomic E-state index is 13.5. The van der Waals surface area contributed by atoms with Crippen molar-refractivity contribution < 1.29 is 18.0 Å². The number of hydrogen-bond donors (Lipinski definition) is 0. The number of rotatable bonds is 4. The van der Waals surface area contributed by atoms with Crippen molar-refractivity contribution in [1.29, 1.82) is 0 Å². The van der Waals surface area contributed by atoms with Gasteiger partial charge in [-0.15, -0.1) is 0 Å². The number of piperidine rings is 2. The number of hydrogen-bond acceptors (Lipinski definition) is 4. The third-order valence-corrected chi connectivity index (χ3v) is 9.33. The second kappa shape index (κ2) is 8.45. The van der Waals surface area contributed by atoms with Crippen molar-refractivity contribution in [1.82, 2.24) is 9.21 Å². The van der Waals surface area contributed by atoms with Gasteiger partial charge in [-0.2, -0.15) is 4.31 Å². The molecule has 4 aliphatic rings. The molecular weight excluding hydrogens is 426 g/mol. The van der Waals surface area contributed by atoms with Crippen LogP contribution in [0, 0.1) is 11.8 Å². The van der Waals surface area contributed by atoms with Gasteiger partial charge in [-0.1, -0.05) is 0 Å². The van der Waals surface area contributed by atoms with Crippen LogP contribution in [0.1, 0.15) is 57.4 Å². The minimum Gasteiger partial charge on any atom is -0.342 e. The highest BCUT2D eigenvalue weighted by atomic mass is 32.2. The first-order valence-corrected chi connectivity index (χ1v) is 13.5. The van der Waals surface area contributed by atoms with E-state index in [2.05, 4.69) is 0 Å².